The lowest BCUT2D eigenvalue weighted by atomic mass is 9.75. The van der Waals surface area contributed by atoms with E-state index in [1.807, 2.05) is 11.8 Å². The largest absolute Gasteiger partial charge is 0.302 e. The third-order valence-corrected chi connectivity index (χ3v) is 5.65. The number of thioether (sulfide) groups is 1. The summed E-state index contributed by atoms with van der Waals surface area (Å²) in [5.74, 6) is 2.77. The van der Waals surface area contributed by atoms with E-state index in [0.717, 1.165) is 12.3 Å². The van der Waals surface area contributed by atoms with Crippen molar-refractivity contribution in [2.75, 3.05) is 5.75 Å². The molecule has 0 amide bonds. The first-order valence-corrected chi connectivity index (χ1v) is 6.86. The number of hydrogen-bond donors (Lipinski definition) is 0. The molecule has 80 valence electrons. The number of carbonyl (C=O) groups excluding carboxylic acids is 1. The normalized spacial score (nSPS) is 43.8. The fourth-order valence-electron chi connectivity index (χ4n) is 2.94. The third-order valence-electron chi connectivity index (χ3n) is 3.99. The number of aldehydes is 1. The van der Waals surface area contributed by atoms with Crippen molar-refractivity contribution in [1.82, 2.24) is 0 Å². The van der Waals surface area contributed by atoms with Gasteiger partial charge in [-0.1, -0.05) is 19.8 Å². The van der Waals surface area contributed by atoms with E-state index in [9.17, 15) is 4.79 Å². The van der Waals surface area contributed by atoms with Gasteiger partial charge in [-0.3, -0.25) is 0 Å². The first kappa shape index (κ1) is 10.5. The second-order valence-electron chi connectivity index (χ2n) is 4.98. The van der Waals surface area contributed by atoms with Gasteiger partial charge in [-0.25, -0.2) is 0 Å². The standard InChI is InChI=1S/C12H20OS/c1-10-3-5-11(6-4-10)12(9-13)7-2-8-14-12/h9-11H,2-8H2,1H3. The van der Waals surface area contributed by atoms with Crippen LogP contribution in [-0.2, 0) is 4.79 Å². The Hall–Kier alpha value is 0.0200. The van der Waals surface area contributed by atoms with Gasteiger partial charge in [-0.15, -0.1) is 11.8 Å². The average Bonchev–Trinajstić information content (AvgIpc) is 2.68. The summed E-state index contributed by atoms with van der Waals surface area (Å²) in [6.07, 6.45) is 8.89. The number of rotatable bonds is 2. The van der Waals surface area contributed by atoms with Crippen molar-refractivity contribution in [3.8, 4) is 0 Å². The van der Waals surface area contributed by atoms with Crippen molar-refractivity contribution in [2.45, 2.75) is 50.2 Å². The average molecular weight is 212 g/mol. The van der Waals surface area contributed by atoms with E-state index in [1.165, 1.54) is 44.1 Å². The minimum Gasteiger partial charge on any atom is -0.302 e. The van der Waals surface area contributed by atoms with Gasteiger partial charge in [0.1, 0.15) is 6.29 Å². The fraction of sp³-hybridized carbons (Fsp3) is 0.917. The summed E-state index contributed by atoms with van der Waals surface area (Å²) in [6, 6.07) is 0. The zero-order chi connectivity index (χ0) is 10.0. The van der Waals surface area contributed by atoms with Crippen LogP contribution in [0.2, 0.25) is 0 Å². The maximum Gasteiger partial charge on any atom is 0.136 e. The molecule has 0 aromatic rings. The Kier molecular flexibility index (Phi) is 3.20. The maximum absolute atomic E-state index is 11.3. The van der Waals surface area contributed by atoms with Crippen LogP contribution in [0, 0.1) is 11.8 Å². The number of hydrogen-bond acceptors (Lipinski definition) is 2. The molecule has 1 unspecified atom stereocenters. The molecule has 2 heteroatoms. The minimum absolute atomic E-state index is 0.0279. The molecule has 1 aliphatic carbocycles. The van der Waals surface area contributed by atoms with Crippen LogP contribution in [0.1, 0.15) is 45.4 Å². The van der Waals surface area contributed by atoms with E-state index < -0.39 is 0 Å². The molecule has 0 N–H and O–H groups in total. The molecular weight excluding hydrogens is 192 g/mol. The van der Waals surface area contributed by atoms with Gasteiger partial charge in [0.05, 0.1) is 4.75 Å². The zero-order valence-corrected chi connectivity index (χ0v) is 9.81. The van der Waals surface area contributed by atoms with Gasteiger partial charge in [0.25, 0.3) is 0 Å². The van der Waals surface area contributed by atoms with Gasteiger partial charge in [-0.05, 0) is 43.3 Å². The molecule has 1 nitrogen and oxygen atoms in total. The van der Waals surface area contributed by atoms with Crippen molar-refractivity contribution < 1.29 is 4.79 Å². The highest BCUT2D eigenvalue weighted by atomic mass is 32.2. The first-order valence-electron chi connectivity index (χ1n) is 5.87. The van der Waals surface area contributed by atoms with Crippen LogP contribution in [0.3, 0.4) is 0 Å². The lowest BCUT2D eigenvalue weighted by Crippen LogP contribution is -2.36. The predicted molar refractivity (Wildman–Crippen MR) is 61.6 cm³/mol. The van der Waals surface area contributed by atoms with E-state index in [1.54, 1.807) is 0 Å². The molecule has 2 aliphatic rings. The van der Waals surface area contributed by atoms with E-state index in [4.69, 9.17) is 0 Å². The van der Waals surface area contributed by atoms with Gasteiger partial charge in [0, 0.05) is 0 Å². The smallest absolute Gasteiger partial charge is 0.136 e. The summed E-state index contributed by atoms with van der Waals surface area (Å²) in [4.78, 5) is 11.3. The Labute approximate surface area is 91.0 Å². The van der Waals surface area contributed by atoms with Gasteiger partial charge in [0.2, 0.25) is 0 Å². The Morgan fingerprint density at radius 2 is 2.00 bits per heavy atom. The lowest BCUT2D eigenvalue weighted by molar-refractivity contribution is -0.111. The fourth-order valence-corrected chi connectivity index (χ4v) is 4.44. The van der Waals surface area contributed by atoms with Crippen molar-refractivity contribution in [3.05, 3.63) is 0 Å². The van der Waals surface area contributed by atoms with Crippen LogP contribution in [0.4, 0.5) is 0 Å². The second kappa shape index (κ2) is 4.26. The van der Waals surface area contributed by atoms with Crippen molar-refractivity contribution in [2.24, 2.45) is 11.8 Å². The first-order chi connectivity index (χ1) is 6.77. The minimum atomic E-state index is 0.0279. The van der Waals surface area contributed by atoms with Crippen LogP contribution in [0.15, 0.2) is 0 Å². The summed E-state index contributed by atoms with van der Waals surface area (Å²) in [5.41, 5.74) is 0. The maximum atomic E-state index is 11.3. The monoisotopic (exact) mass is 212 g/mol. The Morgan fingerprint density at radius 1 is 1.29 bits per heavy atom. The molecule has 0 aromatic heterocycles. The van der Waals surface area contributed by atoms with Gasteiger partial charge >= 0.3 is 0 Å². The molecule has 0 spiro atoms. The molecule has 0 radical (unpaired) electrons. The Morgan fingerprint density at radius 3 is 2.50 bits per heavy atom. The van der Waals surface area contributed by atoms with Crippen molar-refractivity contribution in [3.63, 3.8) is 0 Å². The molecular formula is C12H20OS. The predicted octanol–water partition coefficient (Wildman–Crippen LogP) is 3.28. The lowest BCUT2D eigenvalue weighted by Gasteiger charge is -2.36. The summed E-state index contributed by atoms with van der Waals surface area (Å²) < 4.78 is 0.0279. The zero-order valence-electron chi connectivity index (χ0n) is 9.00. The summed E-state index contributed by atoms with van der Waals surface area (Å²) in [5, 5.41) is 0. The quantitative estimate of drug-likeness (QED) is 0.653. The van der Waals surface area contributed by atoms with Crippen LogP contribution in [-0.4, -0.2) is 16.8 Å². The Bertz CT molecular complexity index is 200. The van der Waals surface area contributed by atoms with E-state index >= 15 is 0 Å². The van der Waals surface area contributed by atoms with Gasteiger partial charge in [-0.2, -0.15) is 0 Å². The highest BCUT2D eigenvalue weighted by Crippen LogP contribution is 2.48. The topological polar surface area (TPSA) is 17.1 Å². The van der Waals surface area contributed by atoms with Gasteiger partial charge in [0.15, 0.2) is 0 Å². The molecule has 0 aromatic carbocycles. The molecule has 1 aliphatic heterocycles. The van der Waals surface area contributed by atoms with Crippen molar-refractivity contribution >= 4 is 18.0 Å². The molecule has 1 heterocycles. The highest BCUT2D eigenvalue weighted by molar-refractivity contribution is 8.01. The van der Waals surface area contributed by atoms with Gasteiger partial charge < -0.3 is 4.79 Å². The van der Waals surface area contributed by atoms with Crippen LogP contribution in [0.25, 0.3) is 0 Å². The van der Waals surface area contributed by atoms with Crippen LogP contribution >= 0.6 is 11.8 Å². The van der Waals surface area contributed by atoms with E-state index in [0.29, 0.717) is 5.92 Å². The van der Waals surface area contributed by atoms with E-state index in [-0.39, 0.29) is 4.75 Å². The van der Waals surface area contributed by atoms with Crippen LogP contribution in [0.5, 0.6) is 0 Å². The SMILES string of the molecule is CC1CCC(C2(C=O)CCCS2)CC1. The van der Waals surface area contributed by atoms with Crippen LogP contribution < -0.4 is 0 Å². The molecule has 0 bridgehead atoms. The molecule has 14 heavy (non-hydrogen) atoms. The van der Waals surface area contributed by atoms with E-state index in [2.05, 4.69) is 6.92 Å². The summed E-state index contributed by atoms with van der Waals surface area (Å²) >= 11 is 1.93. The molecule has 2 fully saturated rings. The Balaban J connectivity index is 2.01. The third kappa shape index (κ3) is 1.86. The molecule has 1 atom stereocenters. The summed E-state index contributed by atoms with van der Waals surface area (Å²) in [7, 11) is 0. The number of carbonyl (C=O) groups is 1. The highest BCUT2D eigenvalue weighted by Gasteiger charge is 2.42. The molecule has 1 saturated carbocycles. The summed E-state index contributed by atoms with van der Waals surface area (Å²) in [6.45, 7) is 2.34. The molecule has 2 rings (SSSR count). The van der Waals surface area contributed by atoms with Crippen molar-refractivity contribution in [1.29, 1.82) is 0 Å². The second-order valence-corrected chi connectivity index (χ2v) is 6.44. The molecule has 1 saturated heterocycles.